The minimum atomic E-state index is 0.392. The molecule has 0 aromatic rings. The van der Waals surface area contributed by atoms with Gasteiger partial charge in [0, 0.05) is 19.5 Å². The summed E-state index contributed by atoms with van der Waals surface area (Å²) in [4.78, 5) is 14.6. The first kappa shape index (κ1) is 22.2. The Labute approximate surface area is 145 Å². The van der Waals surface area contributed by atoms with Crippen LogP contribution in [0.15, 0.2) is 12.7 Å². The number of hydrogen-bond donors (Lipinski definition) is 0. The van der Waals surface area contributed by atoms with Crippen LogP contribution in [0.25, 0.3) is 0 Å². The van der Waals surface area contributed by atoms with E-state index in [9.17, 15) is 4.79 Å². The molecular weight excluding hydrogens is 282 g/mol. The second-order valence-electron chi connectivity index (χ2n) is 6.74. The molecule has 1 amide bonds. The van der Waals surface area contributed by atoms with Gasteiger partial charge in [0.2, 0.25) is 5.91 Å². The summed E-state index contributed by atoms with van der Waals surface area (Å²) < 4.78 is 0. The van der Waals surface area contributed by atoms with Crippen LogP contribution in [-0.2, 0) is 4.79 Å². The van der Waals surface area contributed by atoms with E-state index in [1.807, 2.05) is 6.08 Å². The van der Waals surface area contributed by atoms with E-state index in [0.717, 1.165) is 45.2 Å². The summed E-state index contributed by atoms with van der Waals surface area (Å²) in [7, 11) is 0. The molecule has 0 aromatic carbocycles. The maximum atomic E-state index is 12.4. The number of nitrogens with zero attached hydrogens (tertiary/aromatic N) is 1. The van der Waals surface area contributed by atoms with E-state index in [0.29, 0.717) is 5.91 Å². The minimum absolute atomic E-state index is 0.392. The normalized spacial score (nSPS) is 10.7. The Hall–Kier alpha value is -0.790. The molecule has 2 heteroatoms. The molecule has 0 atom stereocenters. The summed E-state index contributed by atoms with van der Waals surface area (Å²) in [6.07, 6.45) is 18.6. The van der Waals surface area contributed by atoms with Crippen LogP contribution in [0.3, 0.4) is 0 Å². The molecule has 0 fully saturated rings. The molecule has 0 bridgehead atoms. The van der Waals surface area contributed by atoms with Crippen molar-refractivity contribution in [3.8, 4) is 0 Å². The molecule has 0 spiro atoms. The van der Waals surface area contributed by atoms with Crippen LogP contribution >= 0.6 is 0 Å². The number of carbonyl (C=O) groups is 1. The molecule has 0 aliphatic carbocycles. The Morgan fingerprint density at radius 3 is 1.83 bits per heavy atom. The first-order chi connectivity index (χ1) is 11.3. The smallest absolute Gasteiger partial charge is 0.222 e. The Kier molecular flexibility index (Phi) is 17.0. The van der Waals surface area contributed by atoms with Crippen molar-refractivity contribution in [2.45, 2.75) is 104 Å². The van der Waals surface area contributed by atoms with Gasteiger partial charge in [0.05, 0.1) is 0 Å². The summed E-state index contributed by atoms with van der Waals surface area (Å²) in [5.74, 6) is 0.392. The third-order valence-electron chi connectivity index (χ3n) is 4.46. The maximum Gasteiger partial charge on any atom is 0.222 e. The van der Waals surface area contributed by atoms with Crippen molar-refractivity contribution in [2.75, 3.05) is 13.1 Å². The molecule has 0 aromatic heterocycles. The third kappa shape index (κ3) is 14.5. The van der Waals surface area contributed by atoms with Gasteiger partial charge in [0.25, 0.3) is 0 Å². The lowest BCUT2D eigenvalue weighted by molar-refractivity contribution is -0.131. The van der Waals surface area contributed by atoms with Gasteiger partial charge < -0.3 is 4.90 Å². The van der Waals surface area contributed by atoms with Crippen LogP contribution in [-0.4, -0.2) is 23.9 Å². The van der Waals surface area contributed by atoms with E-state index in [1.165, 1.54) is 57.8 Å². The van der Waals surface area contributed by atoms with Gasteiger partial charge in [0.1, 0.15) is 0 Å². The zero-order valence-electron chi connectivity index (χ0n) is 16.0. The van der Waals surface area contributed by atoms with Gasteiger partial charge >= 0.3 is 0 Å². The molecule has 0 N–H and O–H groups in total. The quantitative estimate of drug-likeness (QED) is 0.221. The second-order valence-corrected chi connectivity index (χ2v) is 6.74. The number of amides is 1. The molecule has 0 saturated carbocycles. The van der Waals surface area contributed by atoms with Gasteiger partial charge in [-0.1, -0.05) is 71.3 Å². The highest BCUT2D eigenvalue weighted by Crippen LogP contribution is 2.11. The lowest BCUT2D eigenvalue weighted by Gasteiger charge is -2.23. The van der Waals surface area contributed by atoms with Crippen LogP contribution in [0, 0.1) is 0 Å². The van der Waals surface area contributed by atoms with E-state index >= 15 is 0 Å². The fraction of sp³-hybridized carbons (Fsp3) is 0.857. The Morgan fingerprint density at radius 1 is 0.783 bits per heavy atom. The first-order valence-corrected chi connectivity index (χ1v) is 10.1. The van der Waals surface area contributed by atoms with E-state index in [-0.39, 0.29) is 0 Å². The standard InChI is InChI=1S/C21H41NO/c1-4-7-10-11-12-13-14-15-18-21(23)22(19-16-8-5-2)20-17-9-6-3/h4H,1,5-20H2,2-3H3. The Morgan fingerprint density at radius 2 is 1.30 bits per heavy atom. The van der Waals surface area contributed by atoms with E-state index < -0.39 is 0 Å². The van der Waals surface area contributed by atoms with Crippen LogP contribution in [0.1, 0.15) is 104 Å². The Bertz CT molecular complexity index is 265. The summed E-state index contributed by atoms with van der Waals surface area (Å²) in [5.41, 5.74) is 0. The highest BCUT2D eigenvalue weighted by molar-refractivity contribution is 5.76. The maximum absolute atomic E-state index is 12.4. The van der Waals surface area contributed by atoms with Gasteiger partial charge in [-0.05, 0) is 32.1 Å². The summed E-state index contributed by atoms with van der Waals surface area (Å²) in [6.45, 7) is 10.1. The van der Waals surface area contributed by atoms with Crippen molar-refractivity contribution in [2.24, 2.45) is 0 Å². The number of rotatable bonds is 17. The lowest BCUT2D eigenvalue weighted by Crippen LogP contribution is -2.32. The molecule has 0 heterocycles. The van der Waals surface area contributed by atoms with Crippen molar-refractivity contribution >= 4 is 5.91 Å². The zero-order valence-corrected chi connectivity index (χ0v) is 16.0. The van der Waals surface area contributed by atoms with Gasteiger partial charge in [-0.25, -0.2) is 0 Å². The average Bonchev–Trinajstić information content (AvgIpc) is 2.56. The summed E-state index contributed by atoms with van der Waals surface area (Å²) in [6, 6.07) is 0. The van der Waals surface area contributed by atoms with Crippen LogP contribution in [0.2, 0.25) is 0 Å². The van der Waals surface area contributed by atoms with Gasteiger partial charge in [-0.3, -0.25) is 4.79 Å². The molecule has 0 aliphatic rings. The molecule has 0 aliphatic heterocycles. The first-order valence-electron chi connectivity index (χ1n) is 10.1. The molecule has 2 nitrogen and oxygen atoms in total. The topological polar surface area (TPSA) is 20.3 Å². The average molecular weight is 324 g/mol. The zero-order chi connectivity index (χ0) is 17.2. The summed E-state index contributed by atoms with van der Waals surface area (Å²) in [5, 5.41) is 0. The third-order valence-corrected chi connectivity index (χ3v) is 4.46. The molecule has 0 radical (unpaired) electrons. The van der Waals surface area contributed by atoms with E-state index in [1.54, 1.807) is 0 Å². The van der Waals surface area contributed by atoms with Crippen molar-refractivity contribution < 1.29 is 4.79 Å². The van der Waals surface area contributed by atoms with Crippen LogP contribution in [0.5, 0.6) is 0 Å². The molecule has 0 saturated heterocycles. The van der Waals surface area contributed by atoms with Crippen molar-refractivity contribution in [3.63, 3.8) is 0 Å². The van der Waals surface area contributed by atoms with Crippen LogP contribution in [0.4, 0.5) is 0 Å². The number of allylic oxidation sites excluding steroid dienone is 1. The monoisotopic (exact) mass is 323 g/mol. The predicted octanol–water partition coefficient (Wildman–Crippen LogP) is 6.50. The molecule has 0 rings (SSSR count). The van der Waals surface area contributed by atoms with E-state index in [2.05, 4.69) is 25.3 Å². The Balaban J connectivity index is 3.80. The number of carbonyl (C=O) groups excluding carboxylic acids is 1. The van der Waals surface area contributed by atoms with Gasteiger partial charge in [-0.2, -0.15) is 0 Å². The predicted molar refractivity (Wildman–Crippen MR) is 103 cm³/mol. The highest BCUT2D eigenvalue weighted by Gasteiger charge is 2.12. The highest BCUT2D eigenvalue weighted by atomic mass is 16.2. The second kappa shape index (κ2) is 17.6. The number of hydrogen-bond acceptors (Lipinski definition) is 1. The molecule has 136 valence electrons. The van der Waals surface area contributed by atoms with Crippen molar-refractivity contribution in [3.05, 3.63) is 12.7 Å². The SMILES string of the molecule is C=CCCCCCCCCC(=O)N(CCCCC)CCCCC. The van der Waals surface area contributed by atoms with Crippen LogP contribution < -0.4 is 0 Å². The largest absolute Gasteiger partial charge is 0.343 e. The fourth-order valence-electron chi connectivity index (χ4n) is 2.90. The molecular formula is C21H41NO. The lowest BCUT2D eigenvalue weighted by atomic mass is 10.1. The minimum Gasteiger partial charge on any atom is -0.343 e. The summed E-state index contributed by atoms with van der Waals surface area (Å²) >= 11 is 0. The van der Waals surface area contributed by atoms with Gasteiger partial charge in [-0.15, -0.1) is 6.58 Å². The number of unbranched alkanes of at least 4 members (excludes halogenated alkanes) is 10. The molecule has 0 unspecified atom stereocenters. The van der Waals surface area contributed by atoms with Gasteiger partial charge in [0.15, 0.2) is 0 Å². The van der Waals surface area contributed by atoms with Crippen molar-refractivity contribution in [1.82, 2.24) is 4.90 Å². The fourth-order valence-corrected chi connectivity index (χ4v) is 2.90. The van der Waals surface area contributed by atoms with Crippen molar-refractivity contribution in [1.29, 1.82) is 0 Å². The van der Waals surface area contributed by atoms with E-state index in [4.69, 9.17) is 0 Å². The molecule has 23 heavy (non-hydrogen) atoms.